The smallest absolute Gasteiger partial charge is 0.0409 e. The first-order chi connectivity index (χ1) is 10.4. The Morgan fingerprint density at radius 2 is 0.909 bits per heavy atom. The van der Waals surface area contributed by atoms with Gasteiger partial charge in [-0.05, 0) is 55.3 Å². The van der Waals surface area contributed by atoms with Crippen molar-refractivity contribution in [2.75, 3.05) is 0 Å². The topological polar surface area (TPSA) is 0 Å². The van der Waals surface area contributed by atoms with Crippen molar-refractivity contribution in [2.45, 2.75) is 113 Å². The van der Waals surface area contributed by atoms with E-state index in [1.54, 1.807) is 0 Å². The van der Waals surface area contributed by atoms with Gasteiger partial charge in [0, 0.05) is 0 Å². The van der Waals surface area contributed by atoms with Gasteiger partial charge in [0.05, 0.1) is 0 Å². The van der Waals surface area contributed by atoms with Crippen molar-refractivity contribution in [3.63, 3.8) is 0 Å². The third-order valence-electron chi connectivity index (χ3n) is 5.01. The summed E-state index contributed by atoms with van der Waals surface area (Å²) in [6.45, 7) is 16.8. The van der Waals surface area contributed by atoms with Crippen LogP contribution in [0.15, 0.2) is 0 Å². The number of unbranched alkanes of at least 4 members (excludes halogenated alkanes) is 2. The van der Waals surface area contributed by atoms with Crippen molar-refractivity contribution < 1.29 is 0 Å². The van der Waals surface area contributed by atoms with E-state index in [-0.39, 0.29) is 0 Å². The molecule has 0 fully saturated rings. The average Bonchev–Trinajstić information content (AvgIpc) is 2.40. The van der Waals surface area contributed by atoms with Crippen LogP contribution < -0.4 is 0 Å². The molecular weight excluding hydrogens is 264 g/mol. The van der Waals surface area contributed by atoms with E-state index >= 15 is 0 Å². The predicted octanol–water partition coefficient (Wildman–Crippen LogP) is 8.11. The van der Waals surface area contributed by atoms with E-state index in [0.717, 1.165) is 29.6 Å². The van der Waals surface area contributed by atoms with Crippen LogP contribution in [0.1, 0.15) is 113 Å². The van der Waals surface area contributed by atoms with Gasteiger partial charge in [0.2, 0.25) is 0 Å². The lowest BCUT2D eigenvalue weighted by Gasteiger charge is -2.27. The molecule has 0 aromatic carbocycles. The first-order valence-electron chi connectivity index (χ1n) is 10.4. The second-order valence-corrected chi connectivity index (χ2v) is 8.85. The van der Waals surface area contributed by atoms with Gasteiger partial charge in [-0.1, -0.05) is 87.0 Å². The Morgan fingerprint density at radius 1 is 0.545 bits per heavy atom. The minimum atomic E-state index is 0.862. The minimum Gasteiger partial charge on any atom is -0.0654 e. The Hall–Kier alpha value is 0. The zero-order valence-corrected chi connectivity index (χ0v) is 17.0. The van der Waals surface area contributed by atoms with Crippen LogP contribution in [-0.2, 0) is 0 Å². The van der Waals surface area contributed by atoms with E-state index in [2.05, 4.69) is 48.5 Å². The standard InChI is InChI=1S/C22H46/c1-8-10-12-21(14-18(3)4)16-20(7)17-22(13-11-9-2)15-19(5)6/h18-22H,8-17H2,1-7H3/t20?,21-,22+. The largest absolute Gasteiger partial charge is 0.0654 e. The van der Waals surface area contributed by atoms with E-state index < -0.39 is 0 Å². The third kappa shape index (κ3) is 12.5. The highest BCUT2D eigenvalue weighted by Crippen LogP contribution is 2.31. The zero-order chi connectivity index (χ0) is 17.0. The SMILES string of the molecule is CCCC[C@H](CC(C)C)CC(C)C[C@@H](CCCC)CC(C)C. The lowest BCUT2D eigenvalue weighted by molar-refractivity contribution is 0.252. The normalized spacial score (nSPS) is 16.2. The molecule has 0 heteroatoms. The molecule has 134 valence electrons. The fourth-order valence-corrected chi connectivity index (χ4v) is 4.22. The summed E-state index contributed by atoms with van der Waals surface area (Å²) in [6.07, 6.45) is 14.3. The van der Waals surface area contributed by atoms with Gasteiger partial charge in [-0.25, -0.2) is 0 Å². The number of rotatable bonds is 14. The van der Waals surface area contributed by atoms with Crippen molar-refractivity contribution in [3.05, 3.63) is 0 Å². The molecule has 0 bridgehead atoms. The first kappa shape index (κ1) is 22.0. The molecule has 0 nitrogen and oxygen atoms in total. The summed E-state index contributed by atoms with van der Waals surface area (Å²) < 4.78 is 0. The highest BCUT2D eigenvalue weighted by atomic mass is 14.2. The summed E-state index contributed by atoms with van der Waals surface area (Å²) >= 11 is 0. The van der Waals surface area contributed by atoms with Gasteiger partial charge < -0.3 is 0 Å². The summed E-state index contributed by atoms with van der Waals surface area (Å²) in [5.41, 5.74) is 0. The fraction of sp³-hybridized carbons (Fsp3) is 1.00. The average molecular weight is 311 g/mol. The maximum Gasteiger partial charge on any atom is -0.0409 e. The second kappa shape index (κ2) is 13.4. The highest BCUT2D eigenvalue weighted by molar-refractivity contribution is 4.70. The van der Waals surface area contributed by atoms with Gasteiger partial charge in [0.25, 0.3) is 0 Å². The maximum atomic E-state index is 2.53. The molecule has 0 saturated heterocycles. The lowest BCUT2D eigenvalue weighted by Crippen LogP contribution is -2.14. The minimum absolute atomic E-state index is 0.862. The van der Waals surface area contributed by atoms with Gasteiger partial charge in [-0.2, -0.15) is 0 Å². The fourth-order valence-electron chi connectivity index (χ4n) is 4.22. The van der Waals surface area contributed by atoms with E-state index in [9.17, 15) is 0 Å². The van der Waals surface area contributed by atoms with Crippen LogP contribution in [0.4, 0.5) is 0 Å². The summed E-state index contributed by atoms with van der Waals surface area (Å²) in [7, 11) is 0. The Balaban J connectivity index is 4.37. The van der Waals surface area contributed by atoms with Crippen LogP contribution in [0.2, 0.25) is 0 Å². The Labute approximate surface area is 142 Å². The summed E-state index contributed by atoms with van der Waals surface area (Å²) in [4.78, 5) is 0. The first-order valence-corrected chi connectivity index (χ1v) is 10.4. The highest BCUT2D eigenvalue weighted by Gasteiger charge is 2.19. The Bertz CT molecular complexity index is 204. The van der Waals surface area contributed by atoms with Gasteiger partial charge in [0.15, 0.2) is 0 Å². The molecular formula is C22H46. The van der Waals surface area contributed by atoms with Crippen LogP contribution in [0.5, 0.6) is 0 Å². The van der Waals surface area contributed by atoms with E-state index in [4.69, 9.17) is 0 Å². The summed E-state index contributed by atoms with van der Waals surface area (Å²) in [5.74, 6) is 4.59. The molecule has 0 aliphatic carbocycles. The molecule has 0 amide bonds. The lowest BCUT2D eigenvalue weighted by atomic mass is 9.79. The summed E-state index contributed by atoms with van der Waals surface area (Å²) in [6, 6.07) is 0. The molecule has 22 heavy (non-hydrogen) atoms. The molecule has 0 N–H and O–H groups in total. The molecule has 0 aliphatic heterocycles. The van der Waals surface area contributed by atoms with Crippen LogP contribution >= 0.6 is 0 Å². The van der Waals surface area contributed by atoms with Gasteiger partial charge in [-0.15, -0.1) is 0 Å². The molecule has 1 unspecified atom stereocenters. The van der Waals surface area contributed by atoms with Crippen molar-refractivity contribution in [2.24, 2.45) is 29.6 Å². The van der Waals surface area contributed by atoms with Crippen LogP contribution in [0.25, 0.3) is 0 Å². The van der Waals surface area contributed by atoms with Gasteiger partial charge in [-0.3, -0.25) is 0 Å². The van der Waals surface area contributed by atoms with Crippen LogP contribution in [0, 0.1) is 29.6 Å². The molecule has 0 aromatic heterocycles. The third-order valence-corrected chi connectivity index (χ3v) is 5.01. The van der Waals surface area contributed by atoms with Crippen molar-refractivity contribution >= 4 is 0 Å². The summed E-state index contributed by atoms with van der Waals surface area (Å²) in [5, 5.41) is 0. The van der Waals surface area contributed by atoms with E-state index in [1.807, 2.05) is 0 Å². The molecule has 0 spiro atoms. The quantitative estimate of drug-likeness (QED) is 0.304. The number of hydrogen-bond donors (Lipinski definition) is 0. The molecule has 0 heterocycles. The number of hydrogen-bond acceptors (Lipinski definition) is 0. The van der Waals surface area contributed by atoms with Crippen molar-refractivity contribution in [1.82, 2.24) is 0 Å². The van der Waals surface area contributed by atoms with Crippen LogP contribution in [-0.4, -0.2) is 0 Å². The van der Waals surface area contributed by atoms with Crippen LogP contribution in [0.3, 0.4) is 0 Å². The van der Waals surface area contributed by atoms with Crippen molar-refractivity contribution in [3.8, 4) is 0 Å². The zero-order valence-electron chi connectivity index (χ0n) is 17.0. The predicted molar refractivity (Wildman–Crippen MR) is 103 cm³/mol. The second-order valence-electron chi connectivity index (χ2n) is 8.85. The molecule has 0 aromatic rings. The molecule has 0 aliphatic rings. The van der Waals surface area contributed by atoms with Crippen molar-refractivity contribution in [1.29, 1.82) is 0 Å². The molecule has 0 rings (SSSR count). The molecule has 0 radical (unpaired) electrons. The maximum absolute atomic E-state index is 2.53. The Kier molecular flexibility index (Phi) is 13.4. The molecule has 3 atom stereocenters. The Morgan fingerprint density at radius 3 is 1.18 bits per heavy atom. The van der Waals surface area contributed by atoms with E-state index in [0.29, 0.717) is 0 Å². The van der Waals surface area contributed by atoms with Gasteiger partial charge >= 0.3 is 0 Å². The molecule has 0 saturated carbocycles. The van der Waals surface area contributed by atoms with E-state index in [1.165, 1.54) is 64.2 Å². The monoisotopic (exact) mass is 310 g/mol. The van der Waals surface area contributed by atoms with Gasteiger partial charge in [0.1, 0.15) is 0 Å².